The van der Waals surface area contributed by atoms with Crippen LogP contribution in [0.3, 0.4) is 0 Å². The van der Waals surface area contributed by atoms with Gasteiger partial charge in [-0.2, -0.15) is 0 Å². The van der Waals surface area contributed by atoms with Crippen molar-refractivity contribution in [2.75, 3.05) is 41.5 Å². The highest BCUT2D eigenvalue weighted by Crippen LogP contribution is 2.43. The zero-order valence-corrected chi connectivity index (χ0v) is 26.7. The zero-order chi connectivity index (χ0) is 32.1. The summed E-state index contributed by atoms with van der Waals surface area (Å²) in [5, 5.41) is 6.53. The number of aromatic amines is 1. The Morgan fingerprint density at radius 2 is 1.91 bits per heavy atom. The maximum atomic E-state index is 15.0. The number of anilines is 3. The van der Waals surface area contributed by atoms with E-state index in [1.54, 1.807) is 24.7 Å². The van der Waals surface area contributed by atoms with Crippen molar-refractivity contribution in [3.8, 4) is 11.3 Å². The van der Waals surface area contributed by atoms with Gasteiger partial charge in [0.1, 0.15) is 4.90 Å². The van der Waals surface area contributed by atoms with Gasteiger partial charge in [-0.15, -0.1) is 0 Å². The number of pyridine rings is 1. The van der Waals surface area contributed by atoms with Gasteiger partial charge in [0.05, 0.1) is 34.4 Å². The highest BCUT2D eigenvalue weighted by Gasteiger charge is 2.50. The number of rotatable bonds is 8. The molecule has 1 spiro atoms. The summed E-state index contributed by atoms with van der Waals surface area (Å²) < 4.78 is 62.5. The lowest BCUT2D eigenvalue weighted by Gasteiger charge is -2.48. The molecule has 1 atom stereocenters. The van der Waals surface area contributed by atoms with Crippen LogP contribution in [0, 0.1) is 18.2 Å². The van der Waals surface area contributed by atoms with Crippen molar-refractivity contribution in [1.82, 2.24) is 24.8 Å². The molecule has 45 heavy (non-hydrogen) atoms. The molecular weight excluding hydrogens is 622 g/mol. The van der Waals surface area contributed by atoms with Crippen molar-refractivity contribution in [1.29, 1.82) is 0 Å². The molecule has 6 rings (SSSR count). The van der Waals surface area contributed by atoms with E-state index in [1.807, 2.05) is 13.8 Å². The van der Waals surface area contributed by atoms with Crippen LogP contribution in [0.25, 0.3) is 22.2 Å². The molecule has 2 saturated heterocycles. The van der Waals surface area contributed by atoms with E-state index in [1.165, 1.54) is 18.2 Å². The molecule has 0 saturated carbocycles. The number of hydrogen-bond donors (Lipinski definition) is 3. The van der Waals surface area contributed by atoms with E-state index >= 15 is 0 Å². The summed E-state index contributed by atoms with van der Waals surface area (Å²) in [5.41, 5.74) is 2.39. The third kappa shape index (κ3) is 6.03. The molecule has 1 aromatic carbocycles. The highest BCUT2D eigenvalue weighted by atomic mass is 32.2. The monoisotopic (exact) mass is 655 g/mol. The minimum Gasteiger partial charge on any atom is -0.357 e. The van der Waals surface area contributed by atoms with Crippen molar-refractivity contribution in [3.63, 3.8) is 0 Å². The topological polar surface area (TPSA) is 167 Å². The Morgan fingerprint density at radius 3 is 2.58 bits per heavy atom. The molecule has 0 unspecified atom stereocenters. The number of carbonyl (C=O) groups is 1. The van der Waals surface area contributed by atoms with E-state index in [0.29, 0.717) is 42.1 Å². The zero-order valence-electron chi connectivity index (χ0n) is 25.1. The molecule has 3 aromatic heterocycles. The molecule has 2 aliphatic heterocycles. The Hall–Kier alpha value is -3.95. The van der Waals surface area contributed by atoms with Crippen LogP contribution in [0.15, 0.2) is 47.8 Å². The standard InChI is InChI=1S/C30H34FN7O5S2/c1-4-22(38-12-9-30(10-13-38)16-45(42,43)17-30)28(39)37-27-26-19(8-11-32-27)20(15-33-26)25-18(2)14-34-29(36-25)35-21-6-5-7-23(24(21)31)44(3,40)41/h5-8,11,14-15,22,33H,4,9-10,12-13,16-17H2,1-3H3,(H,32,37,39)(H,34,35,36)/t22-/m1/s1. The number of benzene rings is 1. The molecule has 238 valence electrons. The number of carbonyl (C=O) groups excluding carboxylic acids is 1. The maximum Gasteiger partial charge on any atom is 0.242 e. The average Bonchev–Trinajstić information content (AvgIpc) is 3.40. The average molecular weight is 656 g/mol. The largest absolute Gasteiger partial charge is 0.357 e. The van der Waals surface area contributed by atoms with E-state index < -0.39 is 30.4 Å². The first-order valence-electron chi connectivity index (χ1n) is 14.6. The van der Waals surface area contributed by atoms with Crippen molar-refractivity contribution >= 4 is 53.9 Å². The second kappa shape index (κ2) is 11.4. The SMILES string of the molecule is CC[C@H](C(=O)Nc1nccc2c(-c3nc(Nc4cccc(S(C)(=O)=O)c4F)ncc3C)c[nH]c12)N1CCC2(CC1)CS(=O)(=O)C2. The third-order valence-corrected chi connectivity index (χ3v) is 11.9. The van der Waals surface area contributed by atoms with E-state index in [-0.39, 0.29) is 40.5 Å². The summed E-state index contributed by atoms with van der Waals surface area (Å²) in [5.74, 6) is -0.178. The summed E-state index contributed by atoms with van der Waals surface area (Å²) in [7, 11) is -6.69. The van der Waals surface area contributed by atoms with Gasteiger partial charge in [0, 0.05) is 41.2 Å². The number of amides is 1. The number of sulfone groups is 2. The third-order valence-electron chi connectivity index (χ3n) is 8.72. The second-order valence-corrected chi connectivity index (χ2v) is 16.1. The van der Waals surface area contributed by atoms with Gasteiger partial charge in [0.2, 0.25) is 11.9 Å². The summed E-state index contributed by atoms with van der Waals surface area (Å²) in [4.78, 5) is 31.7. The quantitative estimate of drug-likeness (QED) is 0.254. The molecule has 2 aliphatic rings. The van der Waals surface area contributed by atoms with E-state index in [0.717, 1.165) is 30.0 Å². The van der Waals surface area contributed by atoms with Crippen LogP contribution in [0.1, 0.15) is 31.7 Å². The minimum atomic E-state index is -3.78. The molecule has 0 bridgehead atoms. The Balaban J connectivity index is 1.22. The molecular formula is C30H34FN7O5S2. The number of aryl methyl sites for hydroxylation is 1. The van der Waals surface area contributed by atoms with E-state index in [2.05, 4.69) is 35.5 Å². The van der Waals surface area contributed by atoms with Crippen LogP contribution < -0.4 is 10.6 Å². The fourth-order valence-electron chi connectivity index (χ4n) is 6.43. The highest BCUT2D eigenvalue weighted by molar-refractivity contribution is 7.92. The number of likely N-dealkylation sites (tertiary alicyclic amines) is 1. The Labute approximate surface area is 260 Å². The van der Waals surface area contributed by atoms with Gasteiger partial charge in [-0.25, -0.2) is 36.2 Å². The Kier molecular flexibility index (Phi) is 7.90. The number of nitrogens with zero attached hydrogens (tertiary/aromatic N) is 4. The number of hydrogen-bond acceptors (Lipinski definition) is 10. The number of halogens is 1. The fourth-order valence-corrected chi connectivity index (χ4v) is 9.55. The lowest BCUT2D eigenvalue weighted by atomic mass is 9.80. The van der Waals surface area contributed by atoms with Gasteiger partial charge in [-0.1, -0.05) is 13.0 Å². The van der Waals surface area contributed by atoms with Crippen molar-refractivity contribution in [2.24, 2.45) is 5.41 Å². The van der Waals surface area contributed by atoms with E-state index in [4.69, 9.17) is 0 Å². The van der Waals surface area contributed by atoms with Crippen molar-refractivity contribution in [2.45, 2.75) is 44.0 Å². The lowest BCUT2D eigenvalue weighted by Crippen LogP contribution is -2.57. The summed E-state index contributed by atoms with van der Waals surface area (Å²) in [6.07, 6.45) is 7.98. The van der Waals surface area contributed by atoms with Crippen LogP contribution in [0.5, 0.6) is 0 Å². The predicted molar refractivity (Wildman–Crippen MR) is 169 cm³/mol. The smallest absolute Gasteiger partial charge is 0.242 e. The molecule has 2 fully saturated rings. The van der Waals surface area contributed by atoms with Gasteiger partial charge in [-0.3, -0.25) is 9.69 Å². The molecule has 5 heterocycles. The van der Waals surface area contributed by atoms with Gasteiger partial charge >= 0.3 is 0 Å². The van der Waals surface area contributed by atoms with Crippen LogP contribution in [-0.2, 0) is 24.5 Å². The number of nitrogens with one attached hydrogen (secondary N) is 3. The second-order valence-electron chi connectivity index (χ2n) is 12.0. The molecule has 15 heteroatoms. The Morgan fingerprint density at radius 1 is 1.18 bits per heavy atom. The molecule has 0 radical (unpaired) electrons. The maximum absolute atomic E-state index is 15.0. The minimum absolute atomic E-state index is 0.0747. The van der Waals surface area contributed by atoms with Crippen molar-refractivity contribution < 1.29 is 26.0 Å². The van der Waals surface area contributed by atoms with Gasteiger partial charge in [0.25, 0.3) is 0 Å². The van der Waals surface area contributed by atoms with Crippen LogP contribution in [0.2, 0.25) is 0 Å². The normalized spacial score (nSPS) is 18.4. The summed E-state index contributed by atoms with van der Waals surface area (Å²) in [6, 6.07) is 5.45. The number of piperidine rings is 1. The summed E-state index contributed by atoms with van der Waals surface area (Å²) >= 11 is 0. The first-order chi connectivity index (χ1) is 21.3. The van der Waals surface area contributed by atoms with Crippen LogP contribution >= 0.6 is 0 Å². The molecule has 12 nitrogen and oxygen atoms in total. The first-order valence-corrected chi connectivity index (χ1v) is 18.3. The van der Waals surface area contributed by atoms with E-state index in [9.17, 15) is 26.0 Å². The lowest BCUT2D eigenvalue weighted by molar-refractivity contribution is -0.122. The van der Waals surface area contributed by atoms with Gasteiger partial charge in [0.15, 0.2) is 31.3 Å². The van der Waals surface area contributed by atoms with Gasteiger partial charge in [-0.05, 0) is 63.0 Å². The number of aromatic nitrogens is 4. The fraction of sp³-hybridized carbons (Fsp3) is 0.400. The molecule has 0 aliphatic carbocycles. The predicted octanol–water partition coefficient (Wildman–Crippen LogP) is 3.84. The molecule has 1 amide bonds. The Bertz CT molecular complexity index is 2010. The molecule has 4 aromatic rings. The number of fused-ring (bicyclic) bond motifs is 1. The number of H-pyrrole nitrogens is 1. The van der Waals surface area contributed by atoms with Gasteiger partial charge < -0.3 is 15.6 Å². The first kappa shape index (κ1) is 31.0. The molecule has 3 N–H and O–H groups in total. The van der Waals surface area contributed by atoms with Crippen molar-refractivity contribution in [3.05, 3.63) is 54.2 Å². The summed E-state index contributed by atoms with van der Waals surface area (Å²) in [6.45, 7) is 5.12. The van der Waals surface area contributed by atoms with Crippen LogP contribution in [0.4, 0.5) is 21.8 Å². The van der Waals surface area contributed by atoms with Crippen LogP contribution in [-0.4, -0.2) is 84.5 Å².